The molecule has 0 unspecified atom stereocenters. The number of hydrogen-bond acceptors (Lipinski definition) is 5. The fourth-order valence-corrected chi connectivity index (χ4v) is 3.98. The number of hydrogen-bond donors (Lipinski definition) is 2. The van der Waals surface area contributed by atoms with Crippen LogP contribution in [-0.4, -0.2) is 28.2 Å². The summed E-state index contributed by atoms with van der Waals surface area (Å²) < 4.78 is 11.7. The van der Waals surface area contributed by atoms with Crippen molar-refractivity contribution in [2.45, 2.75) is 38.8 Å². The molecule has 4 aromatic rings. The zero-order valence-corrected chi connectivity index (χ0v) is 21.1. The van der Waals surface area contributed by atoms with E-state index in [1.54, 1.807) is 19.1 Å². The first-order valence-corrected chi connectivity index (χ1v) is 12.2. The van der Waals surface area contributed by atoms with Crippen LogP contribution >= 0.6 is 11.6 Å². The molecule has 1 heterocycles. The molecule has 6 nitrogen and oxygen atoms in total. The Bertz CT molecular complexity index is 1290. The second kappa shape index (κ2) is 11.4. The summed E-state index contributed by atoms with van der Waals surface area (Å²) in [5.41, 5.74) is 2.56. The van der Waals surface area contributed by atoms with Gasteiger partial charge in [-0.15, -0.1) is 0 Å². The Balaban J connectivity index is 1.31. The molecular formula is C29H29ClN2O4. The van der Waals surface area contributed by atoms with E-state index in [1.807, 2.05) is 73.7 Å². The number of ether oxygens (including phenoxy) is 1. The molecule has 0 fully saturated rings. The van der Waals surface area contributed by atoms with Gasteiger partial charge in [0, 0.05) is 30.0 Å². The molecule has 7 heteroatoms. The lowest BCUT2D eigenvalue weighted by atomic mass is 9.92. The largest absolute Gasteiger partial charge is 0.493 e. The van der Waals surface area contributed by atoms with Gasteiger partial charge >= 0.3 is 5.97 Å². The summed E-state index contributed by atoms with van der Waals surface area (Å²) in [4.78, 5) is 16.7. The fourth-order valence-electron chi connectivity index (χ4n) is 3.85. The van der Waals surface area contributed by atoms with Crippen LogP contribution in [0.3, 0.4) is 0 Å². The van der Waals surface area contributed by atoms with Crippen LogP contribution in [0.5, 0.6) is 5.75 Å². The van der Waals surface area contributed by atoms with Crippen LogP contribution in [0.1, 0.15) is 29.5 Å². The number of nitrogens with zero attached hydrogens (tertiary/aromatic N) is 1. The first-order valence-electron chi connectivity index (χ1n) is 11.8. The zero-order valence-electron chi connectivity index (χ0n) is 20.3. The molecule has 1 atom stereocenters. The first-order chi connectivity index (χ1) is 17.3. The summed E-state index contributed by atoms with van der Waals surface area (Å²) in [5.74, 6) is 1.20. The molecule has 0 saturated carbocycles. The highest BCUT2D eigenvalue weighted by molar-refractivity contribution is 6.30. The number of rotatable bonds is 11. The third-order valence-electron chi connectivity index (χ3n) is 6.07. The Morgan fingerprint density at radius 2 is 1.69 bits per heavy atom. The molecule has 0 saturated heterocycles. The van der Waals surface area contributed by atoms with E-state index in [-0.39, 0.29) is 0 Å². The number of carbonyl (C=O) groups is 1. The Kier molecular flexibility index (Phi) is 8.08. The van der Waals surface area contributed by atoms with Crippen molar-refractivity contribution < 1.29 is 19.1 Å². The molecule has 0 aliphatic carbocycles. The van der Waals surface area contributed by atoms with Crippen molar-refractivity contribution in [2.24, 2.45) is 0 Å². The summed E-state index contributed by atoms with van der Waals surface area (Å²) in [6, 6.07) is 24.7. The Morgan fingerprint density at radius 3 is 2.36 bits per heavy atom. The average Bonchev–Trinajstić information content (AvgIpc) is 3.25. The predicted octanol–water partition coefficient (Wildman–Crippen LogP) is 6.10. The second-order valence-corrected chi connectivity index (χ2v) is 9.36. The number of benzene rings is 3. The summed E-state index contributed by atoms with van der Waals surface area (Å²) in [7, 11) is 0. The van der Waals surface area contributed by atoms with E-state index < -0.39 is 11.5 Å². The van der Waals surface area contributed by atoms with Crippen LogP contribution in [0.4, 0.5) is 0 Å². The lowest BCUT2D eigenvalue weighted by molar-refractivity contribution is -0.144. The Labute approximate surface area is 215 Å². The van der Waals surface area contributed by atoms with Crippen LogP contribution in [0.2, 0.25) is 5.02 Å². The first kappa shape index (κ1) is 25.5. The molecular weight excluding hydrogens is 476 g/mol. The zero-order chi connectivity index (χ0) is 25.5. The minimum absolute atomic E-state index is 0.330. The van der Waals surface area contributed by atoms with Gasteiger partial charge in [-0.05, 0) is 61.4 Å². The molecule has 0 amide bonds. The molecule has 0 radical (unpaired) electrons. The Hall–Kier alpha value is -3.61. The topological polar surface area (TPSA) is 84.6 Å². The highest BCUT2D eigenvalue weighted by atomic mass is 35.5. The van der Waals surface area contributed by atoms with E-state index in [1.165, 1.54) is 0 Å². The van der Waals surface area contributed by atoms with Gasteiger partial charge in [-0.3, -0.25) is 10.1 Å². The van der Waals surface area contributed by atoms with E-state index >= 15 is 0 Å². The molecule has 2 N–H and O–H groups in total. The standard InChI is InChI=1S/C29H29ClN2O4/c1-20-26(32-27(36-20)23-6-4-3-5-7-23)16-17-35-25-14-10-21(11-15-25)18-29(2,28(33)34)31-19-22-8-12-24(30)13-9-22/h3-15,31H,16-19H2,1-2H3,(H,33,34)/t29-/m0/s1. The van der Waals surface area contributed by atoms with E-state index in [0.717, 1.165) is 28.1 Å². The van der Waals surface area contributed by atoms with Crippen LogP contribution in [0, 0.1) is 6.92 Å². The van der Waals surface area contributed by atoms with Crippen molar-refractivity contribution in [2.75, 3.05) is 6.61 Å². The maximum absolute atomic E-state index is 12.0. The van der Waals surface area contributed by atoms with Crippen molar-refractivity contribution in [3.05, 3.63) is 106 Å². The third kappa shape index (κ3) is 6.53. The van der Waals surface area contributed by atoms with Crippen molar-refractivity contribution in [1.82, 2.24) is 10.3 Å². The number of nitrogens with one attached hydrogen (secondary N) is 1. The van der Waals surface area contributed by atoms with Gasteiger partial charge in [0.05, 0.1) is 12.3 Å². The normalized spacial score (nSPS) is 12.8. The van der Waals surface area contributed by atoms with Crippen LogP contribution in [0.25, 0.3) is 11.5 Å². The molecule has 0 aliphatic heterocycles. The number of halogens is 1. The molecule has 0 aliphatic rings. The second-order valence-electron chi connectivity index (χ2n) is 8.92. The number of oxazole rings is 1. The van der Waals surface area contributed by atoms with E-state index in [0.29, 0.717) is 42.7 Å². The monoisotopic (exact) mass is 504 g/mol. The number of aryl methyl sites for hydroxylation is 1. The van der Waals surface area contributed by atoms with E-state index in [9.17, 15) is 9.90 Å². The van der Waals surface area contributed by atoms with Crippen molar-refractivity contribution >= 4 is 17.6 Å². The maximum atomic E-state index is 12.0. The summed E-state index contributed by atoms with van der Waals surface area (Å²) >= 11 is 5.93. The van der Waals surface area contributed by atoms with Gasteiger partial charge < -0.3 is 14.3 Å². The van der Waals surface area contributed by atoms with Gasteiger partial charge in [0.25, 0.3) is 0 Å². The van der Waals surface area contributed by atoms with Gasteiger partial charge in [-0.2, -0.15) is 0 Å². The van der Waals surface area contributed by atoms with Crippen LogP contribution < -0.4 is 10.1 Å². The highest BCUT2D eigenvalue weighted by Crippen LogP contribution is 2.23. The molecule has 186 valence electrons. The number of aliphatic carboxylic acids is 1. The minimum atomic E-state index is -1.12. The minimum Gasteiger partial charge on any atom is -0.493 e. The maximum Gasteiger partial charge on any atom is 0.323 e. The van der Waals surface area contributed by atoms with Crippen molar-refractivity contribution in [3.8, 4) is 17.2 Å². The van der Waals surface area contributed by atoms with E-state index in [4.69, 9.17) is 20.8 Å². The molecule has 4 rings (SSSR count). The summed E-state index contributed by atoms with van der Waals surface area (Å²) in [6.07, 6.45) is 0.951. The van der Waals surface area contributed by atoms with Crippen LogP contribution in [-0.2, 0) is 24.2 Å². The molecule has 36 heavy (non-hydrogen) atoms. The van der Waals surface area contributed by atoms with Gasteiger partial charge in [0.2, 0.25) is 5.89 Å². The van der Waals surface area contributed by atoms with E-state index in [2.05, 4.69) is 10.3 Å². The Morgan fingerprint density at radius 1 is 1.03 bits per heavy atom. The van der Waals surface area contributed by atoms with Crippen molar-refractivity contribution in [3.63, 3.8) is 0 Å². The van der Waals surface area contributed by atoms with Gasteiger partial charge in [-0.1, -0.05) is 54.1 Å². The van der Waals surface area contributed by atoms with Crippen molar-refractivity contribution in [1.29, 1.82) is 0 Å². The molecule has 3 aromatic carbocycles. The fraction of sp³-hybridized carbons (Fsp3) is 0.241. The summed E-state index contributed by atoms with van der Waals surface area (Å²) in [5, 5.41) is 13.7. The average molecular weight is 505 g/mol. The lowest BCUT2D eigenvalue weighted by Gasteiger charge is -2.27. The smallest absolute Gasteiger partial charge is 0.323 e. The van der Waals surface area contributed by atoms with Gasteiger partial charge in [0.15, 0.2) is 0 Å². The lowest BCUT2D eigenvalue weighted by Crippen LogP contribution is -2.50. The predicted molar refractivity (Wildman–Crippen MR) is 140 cm³/mol. The summed E-state index contributed by atoms with van der Waals surface area (Å²) in [6.45, 7) is 4.48. The molecule has 1 aromatic heterocycles. The number of carboxylic acids is 1. The SMILES string of the molecule is Cc1oc(-c2ccccc2)nc1CCOc1ccc(C[C@](C)(NCc2ccc(Cl)cc2)C(=O)O)cc1. The quantitative estimate of drug-likeness (QED) is 0.257. The molecule has 0 bridgehead atoms. The highest BCUT2D eigenvalue weighted by Gasteiger charge is 2.32. The number of carboxylic acid groups (broad SMARTS) is 1. The number of aromatic nitrogens is 1. The van der Waals surface area contributed by atoms with Gasteiger partial charge in [0.1, 0.15) is 17.0 Å². The van der Waals surface area contributed by atoms with Crippen LogP contribution in [0.15, 0.2) is 83.3 Å². The third-order valence-corrected chi connectivity index (χ3v) is 6.32. The molecule has 0 spiro atoms. The van der Waals surface area contributed by atoms with Gasteiger partial charge in [-0.25, -0.2) is 4.98 Å².